The first kappa shape index (κ1) is 28.5. The molecule has 2 aromatic rings. The third-order valence-corrected chi connectivity index (χ3v) is 6.71. The predicted molar refractivity (Wildman–Crippen MR) is 139 cm³/mol. The third kappa shape index (κ3) is 7.86. The smallest absolute Gasteiger partial charge is 0.244 e. The van der Waals surface area contributed by atoms with E-state index in [2.05, 4.69) is 5.32 Å². The third-order valence-electron chi connectivity index (χ3n) is 5.22. The van der Waals surface area contributed by atoms with E-state index in [0.717, 1.165) is 10.6 Å². The number of hydrogen-bond donors (Lipinski definition) is 1. The van der Waals surface area contributed by atoms with Crippen LogP contribution in [0.25, 0.3) is 0 Å². The van der Waals surface area contributed by atoms with Gasteiger partial charge in [0.2, 0.25) is 21.8 Å². The summed E-state index contributed by atoms with van der Waals surface area (Å²) in [6.07, 6.45) is 1.35. The summed E-state index contributed by atoms with van der Waals surface area (Å²) in [6.45, 7) is 6.89. The lowest BCUT2D eigenvalue weighted by Gasteiger charge is -2.34. The highest BCUT2D eigenvalue weighted by molar-refractivity contribution is 7.92. The van der Waals surface area contributed by atoms with E-state index in [4.69, 9.17) is 16.3 Å². The van der Waals surface area contributed by atoms with Crippen LogP contribution in [0.1, 0.15) is 39.7 Å². The van der Waals surface area contributed by atoms with Crippen molar-refractivity contribution in [2.75, 3.05) is 24.2 Å². The van der Waals surface area contributed by atoms with Crippen LogP contribution in [-0.4, -0.2) is 56.6 Å². The van der Waals surface area contributed by atoms with Crippen LogP contribution in [0.15, 0.2) is 48.5 Å². The quantitative estimate of drug-likeness (QED) is 0.510. The van der Waals surface area contributed by atoms with Gasteiger partial charge in [0.15, 0.2) is 0 Å². The summed E-state index contributed by atoms with van der Waals surface area (Å²) in [6, 6.07) is 12.7. The van der Waals surface area contributed by atoms with Crippen molar-refractivity contribution in [3.8, 4) is 5.75 Å². The molecule has 0 aliphatic heterocycles. The minimum atomic E-state index is -3.86. The fraction of sp³-hybridized carbons (Fsp3) is 0.440. The van der Waals surface area contributed by atoms with Crippen LogP contribution in [0.5, 0.6) is 5.75 Å². The number of sulfonamides is 1. The molecule has 0 aromatic heterocycles. The summed E-state index contributed by atoms with van der Waals surface area (Å²) in [5.74, 6) is -0.568. The summed E-state index contributed by atoms with van der Waals surface area (Å²) in [4.78, 5) is 28.3. The van der Waals surface area contributed by atoms with Crippen molar-refractivity contribution in [2.45, 2.75) is 52.2 Å². The Bertz CT molecular complexity index is 1150. The zero-order valence-corrected chi connectivity index (χ0v) is 22.6. The van der Waals surface area contributed by atoms with Crippen molar-refractivity contribution in [2.24, 2.45) is 0 Å². The maximum Gasteiger partial charge on any atom is 0.244 e. The number of amides is 2. The molecule has 8 nitrogen and oxygen atoms in total. The van der Waals surface area contributed by atoms with E-state index in [1.54, 1.807) is 55.5 Å². The largest absolute Gasteiger partial charge is 0.495 e. The molecule has 0 unspecified atom stereocenters. The highest BCUT2D eigenvalue weighted by Gasteiger charge is 2.33. The molecular formula is C25H34ClN3O5S. The summed E-state index contributed by atoms with van der Waals surface area (Å²) in [5.41, 5.74) is 0.364. The average molecular weight is 524 g/mol. The van der Waals surface area contributed by atoms with Crippen molar-refractivity contribution in [3.63, 3.8) is 0 Å². The molecule has 0 saturated carbocycles. The van der Waals surface area contributed by atoms with E-state index < -0.39 is 34.1 Å². The first-order chi connectivity index (χ1) is 16.3. The number of rotatable bonds is 10. The van der Waals surface area contributed by atoms with Gasteiger partial charge in [-0.2, -0.15) is 0 Å². The molecule has 1 N–H and O–H groups in total. The molecule has 0 aliphatic carbocycles. The second kappa shape index (κ2) is 11.8. The number of ether oxygens (including phenoxy) is 1. The Morgan fingerprint density at radius 2 is 1.69 bits per heavy atom. The molecule has 1 atom stereocenters. The van der Waals surface area contributed by atoms with Gasteiger partial charge in [0.1, 0.15) is 18.3 Å². The highest BCUT2D eigenvalue weighted by Crippen LogP contribution is 2.30. The molecule has 0 bridgehead atoms. The Morgan fingerprint density at radius 1 is 1.09 bits per heavy atom. The zero-order valence-electron chi connectivity index (χ0n) is 21.0. The van der Waals surface area contributed by atoms with Gasteiger partial charge >= 0.3 is 0 Å². The number of benzene rings is 2. The van der Waals surface area contributed by atoms with Gasteiger partial charge < -0.3 is 15.0 Å². The Balaban J connectivity index is 2.51. The first-order valence-corrected chi connectivity index (χ1v) is 13.5. The van der Waals surface area contributed by atoms with Crippen LogP contribution in [0.4, 0.5) is 5.69 Å². The lowest BCUT2D eigenvalue weighted by Crippen LogP contribution is -2.55. The van der Waals surface area contributed by atoms with Gasteiger partial charge in [0.05, 0.1) is 19.1 Å². The average Bonchev–Trinajstić information content (AvgIpc) is 2.76. The molecular weight excluding hydrogens is 490 g/mol. The number of anilines is 1. The Labute approximate surface area is 213 Å². The first-order valence-electron chi connectivity index (χ1n) is 11.2. The van der Waals surface area contributed by atoms with Crippen molar-refractivity contribution >= 4 is 39.1 Å². The Kier molecular flexibility index (Phi) is 9.57. The van der Waals surface area contributed by atoms with Crippen LogP contribution in [0.2, 0.25) is 5.02 Å². The Morgan fingerprint density at radius 3 is 2.23 bits per heavy atom. The molecule has 2 aromatic carbocycles. The number of halogens is 1. The van der Waals surface area contributed by atoms with Crippen LogP contribution in [-0.2, 0) is 26.2 Å². The number of para-hydroxylation sites is 2. The maximum atomic E-state index is 13.7. The van der Waals surface area contributed by atoms with E-state index in [9.17, 15) is 18.0 Å². The molecule has 0 saturated heterocycles. The molecule has 10 heteroatoms. The second-order valence-corrected chi connectivity index (χ2v) is 11.5. The minimum Gasteiger partial charge on any atom is -0.495 e. The lowest BCUT2D eigenvalue weighted by molar-refractivity contribution is -0.141. The summed E-state index contributed by atoms with van der Waals surface area (Å²) >= 11 is 6.36. The molecule has 0 heterocycles. The van der Waals surface area contributed by atoms with Crippen LogP contribution >= 0.6 is 11.6 Å². The zero-order chi connectivity index (χ0) is 26.4. The van der Waals surface area contributed by atoms with E-state index in [1.165, 1.54) is 12.0 Å². The summed E-state index contributed by atoms with van der Waals surface area (Å²) in [5, 5.41) is 3.37. The minimum absolute atomic E-state index is 0.0398. The number of nitrogens with one attached hydrogen (secondary N) is 1. The lowest BCUT2D eigenvalue weighted by atomic mass is 10.1. The van der Waals surface area contributed by atoms with Gasteiger partial charge in [0, 0.05) is 17.1 Å². The number of hydrogen-bond acceptors (Lipinski definition) is 5. The van der Waals surface area contributed by atoms with Crippen molar-refractivity contribution in [3.05, 3.63) is 59.1 Å². The number of carbonyl (C=O) groups is 2. The van der Waals surface area contributed by atoms with Gasteiger partial charge in [-0.15, -0.1) is 0 Å². The van der Waals surface area contributed by atoms with E-state index in [0.29, 0.717) is 22.8 Å². The van der Waals surface area contributed by atoms with Crippen LogP contribution in [0, 0.1) is 0 Å². The summed E-state index contributed by atoms with van der Waals surface area (Å²) < 4.78 is 31.8. The predicted octanol–water partition coefficient (Wildman–Crippen LogP) is 3.84. The fourth-order valence-electron chi connectivity index (χ4n) is 3.61. The fourth-order valence-corrected chi connectivity index (χ4v) is 4.66. The molecule has 0 fully saturated rings. The topological polar surface area (TPSA) is 96.0 Å². The van der Waals surface area contributed by atoms with Gasteiger partial charge in [-0.25, -0.2) is 8.42 Å². The SMILES string of the molecule is CC[C@@H](C(=O)NC(C)(C)C)N(Cc1ccccc1Cl)C(=O)CN(c1ccccc1OC)S(C)(=O)=O. The molecule has 0 spiro atoms. The van der Waals surface area contributed by atoms with Gasteiger partial charge in [-0.05, 0) is 51.0 Å². The Hall–Kier alpha value is -2.78. The monoisotopic (exact) mass is 523 g/mol. The second-order valence-electron chi connectivity index (χ2n) is 9.22. The normalized spacial score (nSPS) is 12.5. The standard InChI is InChI=1S/C25H34ClN3O5S/c1-7-20(24(31)27-25(2,3)4)28(16-18-12-8-9-13-19(18)26)23(30)17-29(35(6,32)33)21-14-10-11-15-22(21)34-5/h8-15,20H,7,16-17H2,1-6H3,(H,27,31)/t20-/m0/s1. The van der Waals surface area contributed by atoms with Gasteiger partial charge in [0.25, 0.3) is 0 Å². The molecule has 0 aliphatic rings. The highest BCUT2D eigenvalue weighted by atomic mass is 35.5. The number of nitrogens with zero attached hydrogens (tertiary/aromatic N) is 2. The van der Waals surface area contributed by atoms with E-state index in [1.807, 2.05) is 20.8 Å². The van der Waals surface area contributed by atoms with Crippen LogP contribution < -0.4 is 14.4 Å². The van der Waals surface area contributed by atoms with Crippen LogP contribution in [0.3, 0.4) is 0 Å². The molecule has 35 heavy (non-hydrogen) atoms. The van der Waals surface area contributed by atoms with Gasteiger partial charge in [-0.3, -0.25) is 13.9 Å². The van der Waals surface area contributed by atoms with E-state index in [-0.39, 0.29) is 18.1 Å². The van der Waals surface area contributed by atoms with Crippen molar-refractivity contribution in [1.29, 1.82) is 0 Å². The van der Waals surface area contributed by atoms with E-state index >= 15 is 0 Å². The number of carbonyl (C=O) groups excluding carboxylic acids is 2. The van der Waals surface area contributed by atoms with Crippen molar-refractivity contribution < 1.29 is 22.7 Å². The number of methoxy groups -OCH3 is 1. The molecule has 2 rings (SSSR count). The van der Waals surface area contributed by atoms with Gasteiger partial charge in [-0.1, -0.05) is 48.9 Å². The molecule has 2 amide bonds. The summed E-state index contributed by atoms with van der Waals surface area (Å²) in [7, 11) is -2.44. The maximum absolute atomic E-state index is 13.7. The molecule has 0 radical (unpaired) electrons. The molecule has 192 valence electrons. The van der Waals surface area contributed by atoms with Crippen molar-refractivity contribution in [1.82, 2.24) is 10.2 Å².